The summed E-state index contributed by atoms with van der Waals surface area (Å²) in [5.41, 5.74) is 1.69. The Hall–Kier alpha value is -3.26. The third-order valence-electron chi connectivity index (χ3n) is 4.30. The Morgan fingerprint density at radius 2 is 1.78 bits per heavy atom. The van der Waals surface area contributed by atoms with E-state index in [0.29, 0.717) is 30.0 Å². The molecule has 0 aliphatic carbocycles. The molecule has 27 heavy (non-hydrogen) atoms. The highest BCUT2D eigenvalue weighted by atomic mass is 16.6. The van der Waals surface area contributed by atoms with Gasteiger partial charge in [-0.3, -0.25) is 19.7 Å². The van der Waals surface area contributed by atoms with Gasteiger partial charge in [-0.05, 0) is 50.1 Å². The first kappa shape index (κ1) is 18.5. The summed E-state index contributed by atoms with van der Waals surface area (Å²) in [6.45, 7) is 2.21. The highest BCUT2D eigenvalue weighted by molar-refractivity contribution is 6.05. The molecule has 8 heteroatoms. The minimum absolute atomic E-state index is 0.102. The Labute approximate surface area is 155 Å². The Balaban J connectivity index is 1.64. The number of ether oxygens (including phenoxy) is 1. The molecule has 140 valence electrons. The van der Waals surface area contributed by atoms with Crippen molar-refractivity contribution in [1.29, 1.82) is 0 Å². The molecule has 1 aliphatic rings. The molecule has 2 amide bonds. The first-order chi connectivity index (χ1) is 12.9. The smallest absolute Gasteiger partial charge is 0.273 e. The van der Waals surface area contributed by atoms with Crippen LogP contribution in [0.2, 0.25) is 0 Å². The number of nitrogens with zero attached hydrogens (tertiary/aromatic N) is 1. The van der Waals surface area contributed by atoms with Gasteiger partial charge < -0.3 is 15.4 Å². The topological polar surface area (TPSA) is 111 Å². The van der Waals surface area contributed by atoms with Crippen LogP contribution in [0.3, 0.4) is 0 Å². The predicted octanol–water partition coefficient (Wildman–Crippen LogP) is 3.27. The van der Waals surface area contributed by atoms with Gasteiger partial charge in [0, 0.05) is 35.2 Å². The van der Waals surface area contributed by atoms with Crippen molar-refractivity contribution in [1.82, 2.24) is 0 Å². The number of benzene rings is 2. The number of hydrogen-bond donors (Lipinski definition) is 2. The third-order valence-corrected chi connectivity index (χ3v) is 4.30. The van der Waals surface area contributed by atoms with E-state index in [9.17, 15) is 19.7 Å². The highest BCUT2D eigenvalue weighted by Crippen LogP contribution is 2.21. The van der Waals surface area contributed by atoms with Crippen LogP contribution in [0.5, 0.6) is 0 Å². The van der Waals surface area contributed by atoms with Crippen LogP contribution in [0.4, 0.5) is 17.1 Å². The Morgan fingerprint density at radius 1 is 1.11 bits per heavy atom. The van der Waals surface area contributed by atoms with Gasteiger partial charge in [-0.2, -0.15) is 0 Å². The van der Waals surface area contributed by atoms with E-state index < -0.39 is 16.9 Å². The van der Waals surface area contributed by atoms with Crippen LogP contribution in [-0.2, 0) is 9.53 Å². The lowest BCUT2D eigenvalue weighted by atomic mass is 10.1. The molecule has 0 saturated carbocycles. The number of nitrogens with one attached hydrogen (secondary N) is 2. The number of anilines is 2. The number of carbonyl (C=O) groups is 2. The van der Waals surface area contributed by atoms with E-state index in [-0.39, 0.29) is 17.2 Å². The Bertz CT molecular complexity index is 873. The van der Waals surface area contributed by atoms with Crippen molar-refractivity contribution in [2.45, 2.75) is 25.9 Å². The minimum Gasteiger partial charge on any atom is -0.368 e. The van der Waals surface area contributed by atoms with Crippen LogP contribution < -0.4 is 10.6 Å². The second-order valence-corrected chi connectivity index (χ2v) is 6.28. The molecule has 0 unspecified atom stereocenters. The van der Waals surface area contributed by atoms with Gasteiger partial charge >= 0.3 is 0 Å². The molecule has 1 saturated heterocycles. The van der Waals surface area contributed by atoms with Gasteiger partial charge in [0.05, 0.1) is 4.92 Å². The number of aryl methyl sites for hydroxylation is 1. The monoisotopic (exact) mass is 369 g/mol. The molecule has 0 bridgehead atoms. The maximum absolute atomic E-state index is 12.3. The van der Waals surface area contributed by atoms with E-state index in [1.54, 1.807) is 31.2 Å². The third kappa shape index (κ3) is 4.48. The summed E-state index contributed by atoms with van der Waals surface area (Å²) in [7, 11) is 0. The van der Waals surface area contributed by atoms with Gasteiger partial charge in [0.25, 0.3) is 17.5 Å². The van der Waals surface area contributed by atoms with Crippen molar-refractivity contribution < 1.29 is 19.2 Å². The van der Waals surface area contributed by atoms with Gasteiger partial charge in [0.1, 0.15) is 6.10 Å². The fraction of sp³-hybridized carbons (Fsp3) is 0.263. The zero-order valence-electron chi connectivity index (χ0n) is 14.7. The average molecular weight is 369 g/mol. The van der Waals surface area contributed by atoms with Gasteiger partial charge in [-0.1, -0.05) is 6.07 Å². The van der Waals surface area contributed by atoms with E-state index in [4.69, 9.17) is 4.74 Å². The van der Waals surface area contributed by atoms with Crippen molar-refractivity contribution in [3.8, 4) is 0 Å². The molecule has 1 heterocycles. The number of rotatable bonds is 5. The van der Waals surface area contributed by atoms with E-state index in [0.717, 1.165) is 6.42 Å². The fourth-order valence-corrected chi connectivity index (χ4v) is 2.79. The number of amides is 2. The van der Waals surface area contributed by atoms with Crippen LogP contribution in [0.15, 0.2) is 42.5 Å². The average Bonchev–Trinajstić information content (AvgIpc) is 3.18. The van der Waals surface area contributed by atoms with Crippen LogP contribution in [0.1, 0.15) is 28.8 Å². The molecule has 1 aliphatic heterocycles. The van der Waals surface area contributed by atoms with E-state index in [1.165, 1.54) is 18.2 Å². The highest BCUT2D eigenvalue weighted by Gasteiger charge is 2.23. The standard InChI is InChI=1S/C19H19N3O5/c1-12-4-5-13(11-16(12)22(25)26)18(23)20-14-6-8-15(9-7-14)21-19(24)17-3-2-10-27-17/h4-9,11,17H,2-3,10H2,1H3,(H,20,23)(H,21,24)/t17-/m0/s1. The summed E-state index contributed by atoms with van der Waals surface area (Å²) >= 11 is 0. The fourth-order valence-electron chi connectivity index (χ4n) is 2.79. The molecular formula is C19H19N3O5. The van der Waals surface area contributed by atoms with Crippen LogP contribution in [0.25, 0.3) is 0 Å². The molecule has 2 aromatic rings. The van der Waals surface area contributed by atoms with Crippen molar-refractivity contribution in [3.05, 3.63) is 63.7 Å². The quantitative estimate of drug-likeness (QED) is 0.621. The summed E-state index contributed by atoms with van der Waals surface area (Å²) in [4.78, 5) is 34.8. The molecule has 3 rings (SSSR count). The molecule has 1 atom stereocenters. The SMILES string of the molecule is Cc1ccc(C(=O)Nc2ccc(NC(=O)[C@@H]3CCCO3)cc2)cc1[N+](=O)[O-]. The molecule has 2 N–H and O–H groups in total. The number of nitro benzene ring substituents is 1. The summed E-state index contributed by atoms with van der Waals surface area (Å²) in [5.74, 6) is -0.634. The van der Waals surface area contributed by atoms with Crippen molar-refractivity contribution in [2.75, 3.05) is 17.2 Å². The molecule has 0 aromatic heterocycles. The van der Waals surface area contributed by atoms with Gasteiger partial charge in [0.15, 0.2) is 0 Å². The lowest BCUT2D eigenvalue weighted by molar-refractivity contribution is -0.385. The first-order valence-corrected chi connectivity index (χ1v) is 8.53. The van der Waals surface area contributed by atoms with Crippen LogP contribution >= 0.6 is 0 Å². The molecule has 0 spiro atoms. The van der Waals surface area contributed by atoms with Crippen molar-refractivity contribution in [2.24, 2.45) is 0 Å². The molecule has 2 aromatic carbocycles. The van der Waals surface area contributed by atoms with E-state index in [1.807, 2.05) is 0 Å². The van der Waals surface area contributed by atoms with Gasteiger partial charge in [-0.15, -0.1) is 0 Å². The van der Waals surface area contributed by atoms with Gasteiger partial charge in [0.2, 0.25) is 0 Å². The zero-order valence-corrected chi connectivity index (χ0v) is 14.7. The molecular weight excluding hydrogens is 350 g/mol. The van der Waals surface area contributed by atoms with Crippen LogP contribution in [0, 0.1) is 17.0 Å². The van der Waals surface area contributed by atoms with Crippen LogP contribution in [-0.4, -0.2) is 29.4 Å². The van der Waals surface area contributed by atoms with Gasteiger partial charge in [-0.25, -0.2) is 0 Å². The minimum atomic E-state index is -0.516. The maximum atomic E-state index is 12.3. The number of carbonyl (C=O) groups excluding carboxylic acids is 2. The van der Waals surface area contributed by atoms with E-state index in [2.05, 4.69) is 10.6 Å². The summed E-state index contributed by atoms with van der Waals surface area (Å²) in [6, 6.07) is 10.9. The summed E-state index contributed by atoms with van der Waals surface area (Å²) in [5, 5.41) is 16.5. The van der Waals surface area contributed by atoms with Crippen molar-refractivity contribution >= 4 is 28.9 Å². The van der Waals surface area contributed by atoms with E-state index >= 15 is 0 Å². The largest absolute Gasteiger partial charge is 0.368 e. The van der Waals surface area contributed by atoms with Crippen molar-refractivity contribution in [3.63, 3.8) is 0 Å². The maximum Gasteiger partial charge on any atom is 0.273 e. The number of nitro groups is 1. The molecule has 1 fully saturated rings. The Kier molecular flexibility index (Phi) is 5.46. The lowest BCUT2D eigenvalue weighted by Gasteiger charge is -2.11. The first-order valence-electron chi connectivity index (χ1n) is 8.53. The predicted molar refractivity (Wildman–Crippen MR) is 99.8 cm³/mol. The number of hydrogen-bond acceptors (Lipinski definition) is 5. The molecule has 8 nitrogen and oxygen atoms in total. The lowest BCUT2D eigenvalue weighted by Crippen LogP contribution is -2.26. The summed E-state index contributed by atoms with van der Waals surface area (Å²) in [6.07, 6.45) is 1.17. The normalized spacial score (nSPS) is 16.0. The second kappa shape index (κ2) is 7.96. The zero-order chi connectivity index (χ0) is 19.4. The second-order valence-electron chi connectivity index (χ2n) is 6.28. The Morgan fingerprint density at radius 3 is 2.37 bits per heavy atom. The summed E-state index contributed by atoms with van der Waals surface area (Å²) < 4.78 is 5.33. The molecule has 0 radical (unpaired) electrons.